The summed E-state index contributed by atoms with van der Waals surface area (Å²) in [6.07, 6.45) is -0.187. The first-order valence-corrected chi connectivity index (χ1v) is 6.30. The Kier molecular flexibility index (Phi) is 3.35. The predicted molar refractivity (Wildman–Crippen MR) is 74.8 cm³/mol. The molecule has 0 saturated carbocycles. The van der Waals surface area contributed by atoms with Gasteiger partial charge in [-0.2, -0.15) is 5.10 Å². The molecule has 1 heterocycles. The summed E-state index contributed by atoms with van der Waals surface area (Å²) >= 11 is 0. The van der Waals surface area contributed by atoms with Gasteiger partial charge in [-0.05, 0) is 23.8 Å². The number of nitrogens with zero attached hydrogens (tertiary/aromatic N) is 1. The number of hydrogen-bond acceptors (Lipinski definition) is 2. The third-order valence-corrected chi connectivity index (χ3v) is 3.09. The minimum atomic E-state index is -0.739. The summed E-state index contributed by atoms with van der Waals surface area (Å²) in [7, 11) is 0. The highest BCUT2D eigenvalue weighted by Crippen LogP contribution is 2.20. The van der Waals surface area contributed by atoms with Gasteiger partial charge in [-0.25, -0.2) is 8.78 Å². The third kappa shape index (κ3) is 2.74. The number of aromatic nitrogens is 2. The van der Waals surface area contributed by atoms with Crippen LogP contribution in [0, 0.1) is 11.6 Å². The van der Waals surface area contributed by atoms with E-state index in [0.717, 1.165) is 23.0 Å². The number of rotatable bonds is 3. The highest BCUT2D eigenvalue weighted by Gasteiger charge is 2.12. The van der Waals surface area contributed by atoms with Crippen LogP contribution in [0.25, 0.3) is 10.9 Å². The number of H-pyrrole nitrogens is 1. The van der Waals surface area contributed by atoms with E-state index in [1.165, 1.54) is 6.07 Å². The quantitative estimate of drug-likeness (QED) is 0.778. The van der Waals surface area contributed by atoms with Crippen LogP contribution in [0.15, 0.2) is 42.5 Å². The molecular weight excluding hydrogens is 276 g/mol. The monoisotopic (exact) mass is 287 g/mol. The molecule has 0 atom stereocenters. The minimum Gasteiger partial charge on any atom is -0.308 e. The smallest absolute Gasteiger partial charge is 0.230 e. The fourth-order valence-electron chi connectivity index (χ4n) is 2.07. The number of benzene rings is 2. The lowest BCUT2D eigenvalue weighted by Gasteiger charge is -2.04. The first-order valence-electron chi connectivity index (χ1n) is 6.30. The van der Waals surface area contributed by atoms with E-state index in [4.69, 9.17) is 0 Å². The average Bonchev–Trinajstić information content (AvgIpc) is 2.85. The van der Waals surface area contributed by atoms with Crippen LogP contribution in [0.1, 0.15) is 5.56 Å². The second-order valence-corrected chi connectivity index (χ2v) is 4.58. The standard InChI is InChI=1S/C15H11F2N3O/c16-10-6-5-9(12(17)8-10)7-14(21)18-15-11-3-1-2-4-13(11)19-20-15/h1-6,8H,7H2,(H2,18,19,20,21). The molecule has 0 fully saturated rings. The fraction of sp³-hybridized carbons (Fsp3) is 0.0667. The van der Waals surface area contributed by atoms with Gasteiger partial charge in [0.25, 0.3) is 0 Å². The van der Waals surface area contributed by atoms with Crippen molar-refractivity contribution in [2.24, 2.45) is 0 Å². The molecule has 0 saturated heterocycles. The van der Waals surface area contributed by atoms with Crippen LogP contribution in [0.2, 0.25) is 0 Å². The second kappa shape index (κ2) is 5.32. The van der Waals surface area contributed by atoms with Crippen molar-refractivity contribution in [2.75, 3.05) is 5.32 Å². The van der Waals surface area contributed by atoms with Crippen molar-refractivity contribution < 1.29 is 13.6 Å². The molecule has 0 aliphatic carbocycles. The maximum absolute atomic E-state index is 13.5. The number of anilines is 1. The second-order valence-electron chi connectivity index (χ2n) is 4.58. The Morgan fingerprint density at radius 2 is 2.00 bits per heavy atom. The number of fused-ring (bicyclic) bond motifs is 1. The molecule has 0 bridgehead atoms. The SMILES string of the molecule is O=C(Cc1ccc(F)cc1F)Nc1n[nH]c2ccccc12. The Morgan fingerprint density at radius 3 is 2.81 bits per heavy atom. The molecule has 1 amide bonds. The molecule has 0 unspecified atom stereocenters. The zero-order chi connectivity index (χ0) is 14.8. The number of para-hydroxylation sites is 1. The normalized spacial score (nSPS) is 10.8. The van der Waals surface area contributed by atoms with E-state index in [-0.39, 0.29) is 12.0 Å². The van der Waals surface area contributed by atoms with Crippen LogP contribution in [-0.4, -0.2) is 16.1 Å². The van der Waals surface area contributed by atoms with Crippen molar-refractivity contribution in [3.8, 4) is 0 Å². The van der Waals surface area contributed by atoms with Crippen LogP contribution in [0.4, 0.5) is 14.6 Å². The molecule has 0 aliphatic heterocycles. The Bertz CT molecular complexity index is 814. The highest BCUT2D eigenvalue weighted by atomic mass is 19.1. The molecule has 0 aliphatic rings. The molecule has 0 radical (unpaired) electrons. The number of amides is 1. The van der Waals surface area contributed by atoms with Crippen molar-refractivity contribution in [1.29, 1.82) is 0 Å². The van der Waals surface area contributed by atoms with Crippen molar-refractivity contribution in [3.63, 3.8) is 0 Å². The van der Waals surface area contributed by atoms with E-state index in [1.54, 1.807) is 0 Å². The van der Waals surface area contributed by atoms with E-state index in [0.29, 0.717) is 5.82 Å². The molecule has 4 nitrogen and oxygen atoms in total. The molecule has 2 aromatic carbocycles. The van der Waals surface area contributed by atoms with Crippen LogP contribution in [0.3, 0.4) is 0 Å². The Morgan fingerprint density at radius 1 is 1.19 bits per heavy atom. The topological polar surface area (TPSA) is 57.8 Å². The van der Waals surface area contributed by atoms with Crippen molar-refractivity contribution >= 4 is 22.6 Å². The Hall–Kier alpha value is -2.76. The number of carbonyl (C=O) groups is 1. The van der Waals surface area contributed by atoms with Crippen LogP contribution >= 0.6 is 0 Å². The van der Waals surface area contributed by atoms with Gasteiger partial charge in [-0.1, -0.05) is 18.2 Å². The summed E-state index contributed by atoms with van der Waals surface area (Å²) in [6, 6.07) is 10.5. The van der Waals surface area contributed by atoms with Crippen LogP contribution in [0.5, 0.6) is 0 Å². The van der Waals surface area contributed by atoms with E-state index in [9.17, 15) is 13.6 Å². The van der Waals surface area contributed by atoms with Gasteiger partial charge in [0.15, 0.2) is 5.82 Å². The number of aromatic amines is 1. The number of hydrogen-bond donors (Lipinski definition) is 2. The molecule has 21 heavy (non-hydrogen) atoms. The van der Waals surface area contributed by atoms with Gasteiger partial charge in [0.1, 0.15) is 11.6 Å². The number of carbonyl (C=O) groups excluding carboxylic acids is 1. The molecule has 1 aromatic heterocycles. The predicted octanol–water partition coefficient (Wildman–Crippen LogP) is 3.02. The summed E-state index contributed by atoms with van der Waals surface area (Å²) in [6.45, 7) is 0. The van der Waals surface area contributed by atoms with Gasteiger partial charge in [-0.15, -0.1) is 0 Å². The zero-order valence-electron chi connectivity index (χ0n) is 10.9. The number of nitrogens with one attached hydrogen (secondary N) is 2. The lowest BCUT2D eigenvalue weighted by atomic mass is 10.1. The lowest BCUT2D eigenvalue weighted by Crippen LogP contribution is -2.15. The molecule has 6 heteroatoms. The minimum absolute atomic E-state index is 0.133. The van der Waals surface area contributed by atoms with E-state index in [2.05, 4.69) is 15.5 Å². The molecular formula is C15H11F2N3O. The summed E-state index contributed by atoms with van der Waals surface area (Å²) < 4.78 is 26.3. The van der Waals surface area contributed by atoms with E-state index < -0.39 is 17.5 Å². The third-order valence-electron chi connectivity index (χ3n) is 3.09. The van der Waals surface area contributed by atoms with Gasteiger partial charge < -0.3 is 5.32 Å². The van der Waals surface area contributed by atoms with Gasteiger partial charge in [-0.3, -0.25) is 9.89 Å². The summed E-state index contributed by atoms with van der Waals surface area (Å²) in [5.74, 6) is -1.44. The first-order chi connectivity index (χ1) is 10.1. The molecule has 0 spiro atoms. The van der Waals surface area contributed by atoms with Gasteiger partial charge in [0.05, 0.1) is 11.9 Å². The van der Waals surface area contributed by atoms with Crippen molar-refractivity contribution in [3.05, 3.63) is 59.7 Å². The van der Waals surface area contributed by atoms with Gasteiger partial charge in [0.2, 0.25) is 5.91 Å². The summed E-state index contributed by atoms with van der Waals surface area (Å²) in [5.41, 5.74) is 0.925. The van der Waals surface area contributed by atoms with E-state index >= 15 is 0 Å². The van der Waals surface area contributed by atoms with Gasteiger partial charge in [0, 0.05) is 11.5 Å². The fourth-order valence-corrected chi connectivity index (χ4v) is 2.07. The average molecular weight is 287 g/mol. The Balaban J connectivity index is 1.77. The summed E-state index contributed by atoms with van der Waals surface area (Å²) in [4.78, 5) is 11.9. The first kappa shape index (κ1) is 13.2. The molecule has 3 rings (SSSR count). The van der Waals surface area contributed by atoms with Crippen LogP contribution < -0.4 is 5.32 Å². The summed E-state index contributed by atoms with van der Waals surface area (Å²) in [5, 5.41) is 10.2. The zero-order valence-corrected chi connectivity index (χ0v) is 10.9. The highest BCUT2D eigenvalue weighted by molar-refractivity contribution is 6.00. The van der Waals surface area contributed by atoms with Crippen molar-refractivity contribution in [2.45, 2.75) is 6.42 Å². The lowest BCUT2D eigenvalue weighted by molar-refractivity contribution is -0.115. The van der Waals surface area contributed by atoms with Crippen LogP contribution in [-0.2, 0) is 11.2 Å². The maximum atomic E-state index is 13.5. The molecule has 2 N–H and O–H groups in total. The Labute approximate surface area is 118 Å². The molecule has 106 valence electrons. The van der Waals surface area contributed by atoms with Crippen molar-refractivity contribution in [1.82, 2.24) is 10.2 Å². The number of halogens is 2. The largest absolute Gasteiger partial charge is 0.308 e. The maximum Gasteiger partial charge on any atom is 0.230 e. The molecule has 3 aromatic rings. The van der Waals surface area contributed by atoms with Gasteiger partial charge >= 0.3 is 0 Å². The van der Waals surface area contributed by atoms with E-state index in [1.807, 2.05) is 24.3 Å².